The van der Waals surface area contributed by atoms with E-state index in [9.17, 15) is 9.59 Å². The van der Waals surface area contributed by atoms with Gasteiger partial charge in [0.05, 0.1) is 0 Å². The molecule has 2 rings (SSSR count). The molecule has 1 aromatic carbocycles. The number of carbonyl (C=O) groups excluding carboxylic acids is 2. The van der Waals surface area contributed by atoms with Crippen LogP contribution in [0.3, 0.4) is 0 Å². The van der Waals surface area contributed by atoms with Crippen LogP contribution in [0.5, 0.6) is 0 Å². The third-order valence-corrected chi connectivity index (χ3v) is 4.70. The van der Waals surface area contributed by atoms with Crippen LogP contribution in [0.1, 0.15) is 44.6 Å². The summed E-state index contributed by atoms with van der Waals surface area (Å²) in [7, 11) is 0. The zero-order chi connectivity index (χ0) is 17.9. The quantitative estimate of drug-likeness (QED) is 0.722. The fourth-order valence-corrected chi connectivity index (χ4v) is 3.12. The molecule has 2 N–H and O–H groups in total. The normalized spacial score (nSPS) is 15.7. The molecule has 138 valence electrons. The molecular formula is C20H31N3O2. The minimum atomic E-state index is -0.0359. The smallest absolute Gasteiger partial charge is 0.220 e. The summed E-state index contributed by atoms with van der Waals surface area (Å²) < 4.78 is 0. The lowest BCUT2D eigenvalue weighted by Crippen LogP contribution is -2.38. The van der Waals surface area contributed by atoms with Crippen LogP contribution in [0.2, 0.25) is 0 Å². The number of likely N-dealkylation sites (tertiary alicyclic amines) is 1. The molecule has 0 spiro atoms. The second-order valence-corrected chi connectivity index (χ2v) is 6.86. The first kappa shape index (κ1) is 19.4. The van der Waals surface area contributed by atoms with Crippen molar-refractivity contribution < 1.29 is 9.59 Å². The van der Waals surface area contributed by atoms with Gasteiger partial charge >= 0.3 is 0 Å². The highest BCUT2D eigenvalue weighted by atomic mass is 16.2. The van der Waals surface area contributed by atoms with E-state index in [1.807, 2.05) is 13.0 Å². The van der Waals surface area contributed by atoms with E-state index in [1.165, 1.54) is 5.56 Å². The summed E-state index contributed by atoms with van der Waals surface area (Å²) in [4.78, 5) is 25.8. The van der Waals surface area contributed by atoms with Gasteiger partial charge in [0.2, 0.25) is 11.8 Å². The molecule has 1 heterocycles. The monoisotopic (exact) mass is 345 g/mol. The molecule has 0 radical (unpaired) electrons. The number of nitrogens with one attached hydrogen (secondary N) is 2. The first-order chi connectivity index (χ1) is 12.2. The average molecular weight is 345 g/mol. The van der Waals surface area contributed by atoms with Gasteiger partial charge in [0.1, 0.15) is 0 Å². The number of nitrogens with zero attached hydrogens (tertiary/aromatic N) is 1. The van der Waals surface area contributed by atoms with Gasteiger partial charge in [-0.1, -0.05) is 37.3 Å². The summed E-state index contributed by atoms with van der Waals surface area (Å²) in [6.45, 7) is 6.59. The van der Waals surface area contributed by atoms with Crippen molar-refractivity contribution in [3.05, 3.63) is 35.9 Å². The molecule has 5 heteroatoms. The molecule has 0 bridgehead atoms. The van der Waals surface area contributed by atoms with Gasteiger partial charge in [0.25, 0.3) is 0 Å². The largest absolute Gasteiger partial charge is 0.356 e. The number of hydrogen-bond donors (Lipinski definition) is 2. The molecule has 0 aliphatic carbocycles. The van der Waals surface area contributed by atoms with Crippen molar-refractivity contribution in [2.75, 3.05) is 26.2 Å². The van der Waals surface area contributed by atoms with Crippen LogP contribution in [0.15, 0.2) is 30.3 Å². The maximum Gasteiger partial charge on any atom is 0.220 e. The van der Waals surface area contributed by atoms with E-state index in [2.05, 4.69) is 39.8 Å². The number of amides is 2. The number of piperidine rings is 1. The minimum Gasteiger partial charge on any atom is -0.356 e. The molecule has 0 aromatic heterocycles. The van der Waals surface area contributed by atoms with Crippen molar-refractivity contribution in [3.8, 4) is 0 Å². The van der Waals surface area contributed by atoms with Crippen molar-refractivity contribution >= 4 is 11.8 Å². The average Bonchev–Trinajstić information content (AvgIpc) is 2.65. The maximum atomic E-state index is 11.9. The van der Waals surface area contributed by atoms with Crippen LogP contribution in [-0.2, 0) is 16.1 Å². The van der Waals surface area contributed by atoms with Crippen molar-refractivity contribution in [2.24, 2.45) is 5.92 Å². The Kier molecular flexibility index (Phi) is 8.46. The molecule has 1 aliphatic heterocycles. The second kappa shape index (κ2) is 10.9. The second-order valence-electron chi connectivity index (χ2n) is 6.86. The Hall–Kier alpha value is -1.88. The van der Waals surface area contributed by atoms with E-state index in [0.717, 1.165) is 45.4 Å². The van der Waals surface area contributed by atoms with E-state index in [4.69, 9.17) is 0 Å². The minimum absolute atomic E-state index is 0.0154. The summed E-state index contributed by atoms with van der Waals surface area (Å²) in [5.41, 5.74) is 1.36. The highest BCUT2D eigenvalue weighted by Gasteiger charge is 2.19. The zero-order valence-electron chi connectivity index (χ0n) is 15.3. The molecule has 1 aliphatic rings. The first-order valence-electron chi connectivity index (χ1n) is 9.47. The Labute approximate surface area is 151 Å². The Bertz CT molecular complexity index is 525. The fourth-order valence-electron chi connectivity index (χ4n) is 3.12. The highest BCUT2D eigenvalue weighted by Crippen LogP contribution is 2.18. The van der Waals surface area contributed by atoms with Crippen LogP contribution >= 0.6 is 0 Å². The first-order valence-corrected chi connectivity index (χ1v) is 9.47. The molecule has 1 saturated heterocycles. The maximum absolute atomic E-state index is 11.9. The molecular weight excluding hydrogens is 314 g/mol. The van der Waals surface area contributed by atoms with Crippen molar-refractivity contribution in [1.29, 1.82) is 0 Å². The SMILES string of the molecule is CCCNC(=O)CCC(=O)NCC1CCN(Cc2ccccc2)CC1. The molecule has 0 atom stereocenters. The molecule has 2 amide bonds. The van der Waals surface area contributed by atoms with Crippen LogP contribution in [-0.4, -0.2) is 42.9 Å². The van der Waals surface area contributed by atoms with Crippen LogP contribution in [0, 0.1) is 5.92 Å². The van der Waals surface area contributed by atoms with Gasteiger partial charge in [-0.15, -0.1) is 0 Å². The van der Waals surface area contributed by atoms with Gasteiger partial charge in [-0.25, -0.2) is 0 Å². The van der Waals surface area contributed by atoms with Crippen LogP contribution < -0.4 is 10.6 Å². The summed E-state index contributed by atoms with van der Waals surface area (Å²) in [6.07, 6.45) is 3.71. The number of hydrogen-bond acceptors (Lipinski definition) is 3. The van der Waals surface area contributed by atoms with E-state index in [1.54, 1.807) is 0 Å². The van der Waals surface area contributed by atoms with Crippen molar-refractivity contribution in [2.45, 2.75) is 45.6 Å². The van der Waals surface area contributed by atoms with Gasteiger partial charge < -0.3 is 10.6 Å². The Morgan fingerprint density at radius 2 is 1.68 bits per heavy atom. The third kappa shape index (κ3) is 7.69. The standard InChI is InChI=1S/C20H31N3O2/c1-2-12-21-19(24)8-9-20(25)22-15-17-10-13-23(14-11-17)16-18-6-4-3-5-7-18/h3-7,17H,2,8-16H2,1H3,(H,21,24)(H,22,25). The van der Waals surface area contributed by atoms with Gasteiger partial charge in [0, 0.05) is 32.5 Å². The summed E-state index contributed by atoms with van der Waals surface area (Å²) >= 11 is 0. The Morgan fingerprint density at radius 1 is 1.04 bits per heavy atom. The van der Waals surface area contributed by atoms with Gasteiger partial charge in [-0.3, -0.25) is 14.5 Å². The lowest BCUT2D eigenvalue weighted by molar-refractivity contribution is -0.126. The number of rotatable bonds is 9. The third-order valence-electron chi connectivity index (χ3n) is 4.70. The molecule has 5 nitrogen and oxygen atoms in total. The van der Waals surface area contributed by atoms with E-state index < -0.39 is 0 Å². The fraction of sp³-hybridized carbons (Fsp3) is 0.600. The topological polar surface area (TPSA) is 61.4 Å². The summed E-state index contributed by atoms with van der Waals surface area (Å²) in [5.74, 6) is 0.495. The van der Waals surface area contributed by atoms with Gasteiger partial charge in [-0.2, -0.15) is 0 Å². The van der Waals surface area contributed by atoms with E-state index in [0.29, 0.717) is 12.5 Å². The lowest BCUT2D eigenvalue weighted by Gasteiger charge is -2.32. The molecule has 0 unspecified atom stereocenters. The van der Waals surface area contributed by atoms with Gasteiger partial charge in [0.15, 0.2) is 0 Å². The predicted octanol–water partition coefficient (Wildman–Crippen LogP) is 2.32. The van der Waals surface area contributed by atoms with E-state index >= 15 is 0 Å². The van der Waals surface area contributed by atoms with Crippen molar-refractivity contribution in [3.63, 3.8) is 0 Å². The molecule has 0 saturated carbocycles. The zero-order valence-corrected chi connectivity index (χ0v) is 15.3. The number of benzene rings is 1. The summed E-state index contributed by atoms with van der Waals surface area (Å²) in [6, 6.07) is 10.6. The Balaban J connectivity index is 1.57. The molecule has 1 aromatic rings. The van der Waals surface area contributed by atoms with Gasteiger partial charge in [-0.05, 0) is 43.8 Å². The van der Waals surface area contributed by atoms with Crippen molar-refractivity contribution in [1.82, 2.24) is 15.5 Å². The van der Waals surface area contributed by atoms with Crippen LogP contribution in [0.4, 0.5) is 0 Å². The summed E-state index contributed by atoms with van der Waals surface area (Å²) in [5, 5.41) is 5.78. The highest BCUT2D eigenvalue weighted by molar-refractivity contribution is 5.83. The molecule has 25 heavy (non-hydrogen) atoms. The Morgan fingerprint density at radius 3 is 2.32 bits per heavy atom. The molecule has 1 fully saturated rings. The lowest BCUT2D eigenvalue weighted by atomic mass is 9.96. The van der Waals surface area contributed by atoms with Crippen LogP contribution in [0.25, 0.3) is 0 Å². The number of carbonyl (C=O) groups is 2. The van der Waals surface area contributed by atoms with E-state index in [-0.39, 0.29) is 24.7 Å². The predicted molar refractivity (Wildman–Crippen MR) is 100.0 cm³/mol.